The van der Waals surface area contributed by atoms with Crippen LogP contribution in [-0.4, -0.2) is 5.11 Å². The molecule has 1 atom stereocenters. The standard InChI is InChI=1S/C11H15NO/c12-11(10-5-6-10)9-3-1-8(7-13)2-4-9/h1-4,10-11,13H,5-7,12H2/t11-/m0/s1. The molecule has 0 radical (unpaired) electrons. The van der Waals surface area contributed by atoms with E-state index >= 15 is 0 Å². The molecule has 1 aromatic rings. The van der Waals surface area contributed by atoms with Crippen molar-refractivity contribution < 1.29 is 5.11 Å². The molecule has 1 aliphatic rings. The number of nitrogens with two attached hydrogens (primary N) is 1. The molecule has 70 valence electrons. The SMILES string of the molecule is N[C@@H](c1ccc(CO)cc1)C1CC1. The van der Waals surface area contributed by atoms with E-state index in [0.717, 1.165) is 5.56 Å². The Morgan fingerprint density at radius 1 is 1.31 bits per heavy atom. The van der Waals surface area contributed by atoms with E-state index in [1.807, 2.05) is 24.3 Å². The Bertz CT molecular complexity index is 277. The maximum atomic E-state index is 8.86. The van der Waals surface area contributed by atoms with Crippen molar-refractivity contribution in [2.45, 2.75) is 25.5 Å². The van der Waals surface area contributed by atoms with Gasteiger partial charge in [0, 0.05) is 6.04 Å². The Labute approximate surface area is 78.4 Å². The lowest BCUT2D eigenvalue weighted by atomic mass is 10.0. The smallest absolute Gasteiger partial charge is 0.0681 e. The number of benzene rings is 1. The highest BCUT2D eigenvalue weighted by molar-refractivity contribution is 5.25. The Balaban J connectivity index is 2.11. The van der Waals surface area contributed by atoms with Gasteiger partial charge in [-0.15, -0.1) is 0 Å². The van der Waals surface area contributed by atoms with Crippen LogP contribution < -0.4 is 5.73 Å². The summed E-state index contributed by atoms with van der Waals surface area (Å²) in [4.78, 5) is 0. The van der Waals surface area contributed by atoms with Gasteiger partial charge >= 0.3 is 0 Å². The van der Waals surface area contributed by atoms with Crippen molar-refractivity contribution in [3.8, 4) is 0 Å². The van der Waals surface area contributed by atoms with Crippen molar-refractivity contribution in [3.63, 3.8) is 0 Å². The second kappa shape index (κ2) is 3.48. The molecule has 0 bridgehead atoms. The van der Waals surface area contributed by atoms with Gasteiger partial charge in [0.1, 0.15) is 0 Å². The Kier molecular flexibility index (Phi) is 2.34. The fourth-order valence-corrected chi connectivity index (χ4v) is 1.57. The summed E-state index contributed by atoms with van der Waals surface area (Å²) in [7, 11) is 0. The largest absolute Gasteiger partial charge is 0.392 e. The normalized spacial score (nSPS) is 18.6. The van der Waals surface area contributed by atoms with E-state index in [1.54, 1.807) is 0 Å². The summed E-state index contributed by atoms with van der Waals surface area (Å²) in [6, 6.07) is 8.13. The second-order valence-corrected chi connectivity index (χ2v) is 3.76. The first kappa shape index (κ1) is 8.73. The van der Waals surface area contributed by atoms with Gasteiger partial charge in [-0.05, 0) is 29.9 Å². The summed E-state index contributed by atoms with van der Waals surface area (Å²) in [5.41, 5.74) is 8.17. The summed E-state index contributed by atoms with van der Waals surface area (Å²) in [5.74, 6) is 0.694. The van der Waals surface area contributed by atoms with Crippen molar-refractivity contribution in [1.29, 1.82) is 0 Å². The first-order chi connectivity index (χ1) is 6.31. The second-order valence-electron chi connectivity index (χ2n) is 3.76. The molecule has 0 amide bonds. The minimum atomic E-state index is 0.110. The summed E-state index contributed by atoms with van der Waals surface area (Å²) in [5, 5.41) is 8.86. The highest BCUT2D eigenvalue weighted by Gasteiger charge is 2.29. The summed E-state index contributed by atoms with van der Waals surface area (Å²) in [6.45, 7) is 0.110. The van der Waals surface area contributed by atoms with Crippen molar-refractivity contribution in [1.82, 2.24) is 0 Å². The minimum Gasteiger partial charge on any atom is -0.392 e. The molecule has 13 heavy (non-hydrogen) atoms. The Hall–Kier alpha value is -0.860. The number of aliphatic hydroxyl groups is 1. The maximum absolute atomic E-state index is 8.86. The monoisotopic (exact) mass is 177 g/mol. The topological polar surface area (TPSA) is 46.2 Å². The summed E-state index contributed by atoms with van der Waals surface area (Å²) >= 11 is 0. The van der Waals surface area contributed by atoms with Crippen molar-refractivity contribution >= 4 is 0 Å². The van der Waals surface area contributed by atoms with Crippen LogP contribution in [0.15, 0.2) is 24.3 Å². The van der Waals surface area contributed by atoms with Crippen molar-refractivity contribution in [3.05, 3.63) is 35.4 Å². The predicted molar refractivity (Wildman–Crippen MR) is 52.0 cm³/mol. The molecule has 1 saturated carbocycles. The molecular weight excluding hydrogens is 162 g/mol. The molecule has 0 aromatic heterocycles. The first-order valence-corrected chi connectivity index (χ1v) is 4.76. The van der Waals surface area contributed by atoms with E-state index in [9.17, 15) is 0 Å². The van der Waals surface area contributed by atoms with Gasteiger partial charge in [0.05, 0.1) is 6.61 Å². The molecule has 1 aromatic carbocycles. The molecule has 2 heteroatoms. The van der Waals surface area contributed by atoms with E-state index in [4.69, 9.17) is 10.8 Å². The average Bonchev–Trinajstić information content (AvgIpc) is 3.00. The Morgan fingerprint density at radius 2 is 1.92 bits per heavy atom. The molecule has 0 aliphatic heterocycles. The van der Waals surface area contributed by atoms with Crippen LogP contribution in [-0.2, 0) is 6.61 Å². The van der Waals surface area contributed by atoms with Crippen LogP contribution in [0.2, 0.25) is 0 Å². The van der Waals surface area contributed by atoms with Crippen LogP contribution in [0.1, 0.15) is 30.0 Å². The van der Waals surface area contributed by atoms with Gasteiger partial charge in [-0.1, -0.05) is 24.3 Å². The molecule has 3 N–H and O–H groups in total. The number of rotatable bonds is 3. The van der Waals surface area contributed by atoms with Gasteiger partial charge in [0.2, 0.25) is 0 Å². The van der Waals surface area contributed by atoms with Crippen LogP contribution in [0.5, 0.6) is 0 Å². The lowest BCUT2D eigenvalue weighted by Gasteiger charge is -2.10. The van der Waals surface area contributed by atoms with Gasteiger partial charge < -0.3 is 10.8 Å². The predicted octanol–water partition coefficient (Wildman–Crippen LogP) is 1.59. The fourth-order valence-electron chi connectivity index (χ4n) is 1.57. The van der Waals surface area contributed by atoms with Crippen LogP contribution in [0.3, 0.4) is 0 Å². The quantitative estimate of drug-likeness (QED) is 0.736. The first-order valence-electron chi connectivity index (χ1n) is 4.76. The molecule has 0 saturated heterocycles. The third-order valence-electron chi connectivity index (χ3n) is 2.68. The molecule has 1 fully saturated rings. The van der Waals surface area contributed by atoms with Crippen LogP contribution in [0.4, 0.5) is 0 Å². The van der Waals surface area contributed by atoms with Gasteiger partial charge in [-0.3, -0.25) is 0 Å². The van der Waals surface area contributed by atoms with E-state index in [2.05, 4.69) is 0 Å². The van der Waals surface area contributed by atoms with Crippen LogP contribution >= 0.6 is 0 Å². The maximum Gasteiger partial charge on any atom is 0.0681 e. The molecule has 2 nitrogen and oxygen atoms in total. The van der Waals surface area contributed by atoms with E-state index in [-0.39, 0.29) is 12.6 Å². The van der Waals surface area contributed by atoms with E-state index < -0.39 is 0 Å². The molecular formula is C11H15NO. The molecule has 0 unspecified atom stereocenters. The van der Waals surface area contributed by atoms with Gasteiger partial charge in [0.15, 0.2) is 0 Å². The zero-order valence-corrected chi connectivity index (χ0v) is 7.61. The number of aliphatic hydroxyl groups excluding tert-OH is 1. The third kappa shape index (κ3) is 1.90. The lowest BCUT2D eigenvalue weighted by Crippen LogP contribution is -2.12. The Morgan fingerprint density at radius 3 is 2.38 bits per heavy atom. The molecule has 0 heterocycles. The third-order valence-corrected chi connectivity index (χ3v) is 2.68. The number of hydrogen-bond donors (Lipinski definition) is 2. The summed E-state index contributed by atoms with van der Waals surface area (Å²) < 4.78 is 0. The van der Waals surface area contributed by atoms with Crippen LogP contribution in [0.25, 0.3) is 0 Å². The number of hydrogen-bond acceptors (Lipinski definition) is 2. The molecule has 0 spiro atoms. The lowest BCUT2D eigenvalue weighted by molar-refractivity contribution is 0.282. The van der Waals surface area contributed by atoms with Gasteiger partial charge in [0.25, 0.3) is 0 Å². The van der Waals surface area contributed by atoms with Crippen molar-refractivity contribution in [2.24, 2.45) is 11.7 Å². The minimum absolute atomic E-state index is 0.110. The van der Waals surface area contributed by atoms with Crippen LogP contribution in [0, 0.1) is 5.92 Å². The average molecular weight is 177 g/mol. The summed E-state index contributed by atoms with van der Waals surface area (Å²) in [6.07, 6.45) is 2.53. The van der Waals surface area contributed by atoms with E-state index in [0.29, 0.717) is 5.92 Å². The van der Waals surface area contributed by atoms with Gasteiger partial charge in [-0.2, -0.15) is 0 Å². The highest BCUT2D eigenvalue weighted by atomic mass is 16.3. The molecule has 1 aliphatic carbocycles. The molecule has 2 rings (SSSR count). The zero-order valence-electron chi connectivity index (χ0n) is 7.61. The zero-order chi connectivity index (χ0) is 9.26. The highest BCUT2D eigenvalue weighted by Crippen LogP contribution is 2.39. The van der Waals surface area contributed by atoms with Gasteiger partial charge in [-0.25, -0.2) is 0 Å². The van der Waals surface area contributed by atoms with Crippen molar-refractivity contribution in [2.75, 3.05) is 0 Å². The fraction of sp³-hybridized carbons (Fsp3) is 0.455. The van der Waals surface area contributed by atoms with E-state index in [1.165, 1.54) is 18.4 Å².